The van der Waals surface area contributed by atoms with Gasteiger partial charge in [0.2, 0.25) is 0 Å². The van der Waals surface area contributed by atoms with Gasteiger partial charge in [-0.25, -0.2) is 0 Å². The molecule has 0 aromatic heterocycles. The molecule has 0 aromatic rings. The van der Waals surface area contributed by atoms with E-state index in [-0.39, 0.29) is 5.97 Å². The monoisotopic (exact) mass is 418 g/mol. The van der Waals surface area contributed by atoms with Gasteiger partial charge < -0.3 is 9.47 Å². The largest absolute Gasteiger partial charge is 0.469 e. The van der Waals surface area contributed by atoms with E-state index < -0.39 is 0 Å². The lowest BCUT2D eigenvalue weighted by Crippen LogP contribution is -2.58. The van der Waals surface area contributed by atoms with E-state index >= 15 is 0 Å². The first-order chi connectivity index (χ1) is 14.2. The minimum absolute atomic E-state index is 0.0807. The van der Waals surface area contributed by atoms with Gasteiger partial charge >= 0.3 is 5.97 Å². The molecular formula is C26H42O4. The lowest BCUT2D eigenvalue weighted by atomic mass is 9.43. The quantitative estimate of drug-likeness (QED) is 0.559. The molecule has 4 nitrogen and oxygen atoms in total. The van der Waals surface area contributed by atoms with Crippen molar-refractivity contribution in [2.24, 2.45) is 46.3 Å². The highest BCUT2D eigenvalue weighted by atomic mass is 16.5. The van der Waals surface area contributed by atoms with Crippen molar-refractivity contribution in [1.29, 1.82) is 0 Å². The fraction of sp³-hybridized carbons (Fsp3) is 0.923. The standard InChI is InChI=1S/C26H42O4/c1-16(6-9-23(28)30-5)19-7-8-20-24-21(11-13-26(19,20)3)25(2)12-10-18(27)14-17(25)15-22(24)29-4/h16-17,19-22,24H,6-15H2,1-5H3. The van der Waals surface area contributed by atoms with Crippen LogP contribution in [0.1, 0.15) is 85.0 Å². The molecular weight excluding hydrogens is 376 g/mol. The van der Waals surface area contributed by atoms with Crippen LogP contribution in [0.5, 0.6) is 0 Å². The van der Waals surface area contributed by atoms with Crippen molar-refractivity contribution in [3.8, 4) is 0 Å². The molecule has 0 saturated heterocycles. The molecule has 170 valence electrons. The minimum atomic E-state index is -0.0807. The molecule has 0 aliphatic heterocycles. The van der Waals surface area contributed by atoms with Gasteiger partial charge in [-0.05, 0) is 91.3 Å². The van der Waals surface area contributed by atoms with Crippen LogP contribution < -0.4 is 0 Å². The molecule has 9 atom stereocenters. The molecule has 4 saturated carbocycles. The Morgan fingerprint density at radius 3 is 2.53 bits per heavy atom. The van der Waals surface area contributed by atoms with Crippen LogP contribution in [-0.4, -0.2) is 32.1 Å². The number of esters is 1. The Kier molecular flexibility index (Phi) is 6.11. The zero-order chi connectivity index (χ0) is 21.7. The van der Waals surface area contributed by atoms with Crippen molar-refractivity contribution in [1.82, 2.24) is 0 Å². The summed E-state index contributed by atoms with van der Waals surface area (Å²) in [7, 11) is 3.38. The van der Waals surface area contributed by atoms with Crippen LogP contribution >= 0.6 is 0 Å². The molecule has 9 unspecified atom stereocenters. The number of rotatable bonds is 5. The average Bonchev–Trinajstić information content (AvgIpc) is 3.09. The summed E-state index contributed by atoms with van der Waals surface area (Å²) < 4.78 is 11.0. The highest BCUT2D eigenvalue weighted by molar-refractivity contribution is 5.79. The van der Waals surface area contributed by atoms with Crippen LogP contribution in [0, 0.1) is 46.3 Å². The fourth-order valence-corrected chi connectivity index (χ4v) is 8.86. The number of carbonyl (C=O) groups excluding carboxylic acids is 2. The number of carbonyl (C=O) groups is 2. The third kappa shape index (κ3) is 3.45. The number of ether oxygens (including phenoxy) is 2. The highest BCUT2D eigenvalue weighted by Crippen LogP contribution is 2.68. The molecule has 4 heteroatoms. The Labute approximate surface area is 182 Å². The fourth-order valence-electron chi connectivity index (χ4n) is 8.86. The van der Waals surface area contributed by atoms with E-state index in [1.54, 1.807) is 0 Å². The summed E-state index contributed by atoms with van der Waals surface area (Å²) in [6, 6.07) is 0. The summed E-state index contributed by atoms with van der Waals surface area (Å²) in [5, 5.41) is 0. The molecule has 4 aliphatic rings. The summed E-state index contributed by atoms with van der Waals surface area (Å²) >= 11 is 0. The van der Waals surface area contributed by atoms with Crippen molar-refractivity contribution in [3.05, 3.63) is 0 Å². The number of Topliss-reactive ketones (excluding diaryl/α,β-unsaturated/α-hetero) is 1. The average molecular weight is 419 g/mol. The van der Waals surface area contributed by atoms with Crippen LogP contribution in [0.2, 0.25) is 0 Å². The number of fused-ring (bicyclic) bond motifs is 5. The summed E-state index contributed by atoms with van der Waals surface area (Å²) in [5.41, 5.74) is 0.657. The van der Waals surface area contributed by atoms with E-state index in [1.165, 1.54) is 32.8 Å². The van der Waals surface area contributed by atoms with E-state index in [1.807, 2.05) is 7.11 Å². The third-order valence-electron chi connectivity index (χ3n) is 10.6. The van der Waals surface area contributed by atoms with Crippen molar-refractivity contribution < 1.29 is 19.1 Å². The maximum Gasteiger partial charge on any atom is 0.305 e. The van der Waals surface area contributed by atoms with Gasteiger partial charge in [-0.1, -0.05) is 20.8 Å². The molecule has 0 amide bonds. The topological polar surface area (TPSA) is 52.6 Å². The molecule has 0 aromatic carbocycles. The molecule has 4 rings (SSSR count). The Balaban J connectivity index is 1.56. The van der Waals surface area contributed by atoms with E-state index in [9.17, 15) is 9.59 Å². The van der Waals surface area contributed by atoms with Gasteiger partial charge in [-0.15, -0.1) is 0 Å². The predicted octanol–water partition coefficient (Wildman–Crippen LogP) is 5.43. The molecule has 30 heavy (non-hydrogen) atoms. The molecule has 0 spiro atoms. The van der Waals surface area contributed by atoms with E-state index in [4.69, 9.17) is 9.47 Å². The lowest BCUT2D eigenvalue weighted by molar-refractivity contribution is -0.175. The van der Waals surface area contributed by atoms with Gasteiger partial charge in [0.15, 0.2) is 0 Å². The van der Waals surface area contributed by atoms with E-state index in [2.05, 4.69) is 20.8 Å². The first-order valence-electron chi connectivity index (χ1n) is 12.4. The van der Waals surface area contributed by atoms with Gasteiger partial charge in [-0.2, -0.15) is 0 Å². The number of hydrogen-bond donors (Lipinski definition) is 0. The zero-order valence-corrected chi connectivity index (χ0v) is 19.7. The van der Waals surface area contributed by atoms with Gasteiger partial charge in [0, 0.05) is 26.4 Å². The van der Waals surface area contributed by atoms with E-state index in [0.29, 0.717) is 64.6 Å². The van der Waals surface area contributed by atoms with Crippen LogP contribution in [0.4, 0.5) is 0 Å². The zero-order valence-electron chi connectivity index (χ0n) is 19.7. The summed E-state index contributed by atoms with van der Waals surface area (Å²) in [4.78, 5) is 23.9. The van der Waals surface area contributed by atoms with Gasteiger partial charge in [0.1, 0.15) is 5.78 Å². The summed E-state index contributed by atoms with van der Waals surface area (Å²) in [6.45, 7) is 7.40. The number of ketones is 1. The minimum Gasteiger partial charge on any atom is -0.469 e. The van der Waals surface area contributed by atoms with Crippen LogP contribution in [-0.2, 0) is 19.1 Å². The molecule has 0 N–H and O–H groups in total. The van der Waals surface area contributed by atoms with Crippen LogP contribution in [0.25, 0.3) is 0 Å². The van der Waals surface area contributed by atoms with Crippen molar-refractivity contribution in [2.75, 3.05) is 14.2 Å². The molecule has 0 radical (unpaired) electrons. The van der Waals surface area contributed by atoms with Crippen molar-refractivity contribution in [2.45, 2.75) is 91.1 Å². The van der Waals surface area contributed by atoms with Gasteiger partial charge in [0.05, 0.1) is 13.2 Å². The smallest absolute Gasteiger partial charge is 0.305 e. The lowest BCUT2D eigenvalue weighted by Gasteiger charge is -2.62. The number of methoxy groups -OCH3 is 2. The maximum atomic E-state index is 12.2. The second-order valence-corrected chi connectivity index (χ2v) is 11.6. The molecule has 4 fully saturated rings. The SMILES string of the molecule is COC(=O)CCC(C)C1CCC2C3C(OC)CC4CC(=O)CCC4(C)C3CCC12C. The van der Waals surface area contributed by atoms with E-state index in [0.717, 1.165) is 32.1 Å². The molecule has 0 heterocycles. The van der Waals surface area contributed by atoms with Gasteiger partial charge in [0.25, 0.3) is 0 Å². The second kappa shape index (κ2) is 8.22. The Hall–Kier alpha value is -0.900. The van der Waals surface area contributed by atoms with Gasteiger partial charge in [-0.3, -0.25) is 9.59 Å². The van der Waals surface area contributed by atoms with Crippen molar-refractivity contribution in [3.63, 3.8) is 0 Å². The second-order valence-electron chi connectivity index (χ2n) is 11.6. The van der Waals surface area contributed by atoms with Crippen molar-refractivity contribution >= 4 is 11.8 Å². The highest BCUT2D eigenvalue weighted by Gasteiger charge is 2.63. The number of hydrogen-bond acceptors (Lipinski definition) is 4. The molecule has 4 aliphatic carbocycles. The predicted molar refractivity (Wildman–Crippen MR) is 117 cm³/mol. The summed E-state index contributed by atoms with van der Waals surface area (Å²) in [5.74, 6) is 4.15. The Morgan fingerprint density at radius 1 is 1.10 bits per heavy atom. The first-order valence-corrected chi connectivity index (χ1v) is 12.4. The maximum absolute atomic E-state index is 12.2. The Bertz CT molecular complexity index is 674. The first kappa shape index (κ1) is 22.3. The molecule has 0 bridgehead atoms. The third-order valence-corrected chi connectivity index (χ3v) is 10.6. The van der Waals surface area contributed by atoms with Crippen LogP contribution in [0.15, 0.2) is 0 Å². The van der Waals surface area contributed by atoms with Crippen LogP contribution in [0.3, 0.4) is 0 Å². The Morgan fingerprint density at radius 2 is 1.83 bits per heavy atom. The normalized spacial score (nSPS) is 46.5. The summed E-state index contributed by atoms with van der Waals surface area (Å²) in [6.07, 6.45) is 10.6.